The number of hydrogen-bond donors (Lipinski definition) is 2. The van der Waals surface area contributed by atoms with Crippen molar-refractivity contribution in [2.75, 3.05) is 17.2 Å². The van der Waals surface area contributed by atoms with E-state index in [1.54, 1.807) is 12.1 Å². The molecule has 2 amide bonds. The third-order valence-electron chi connectivity index (χ3n) is 4.65. The van der Waals surface area contributed by atoms with Crippen LogP contribution in [-0.2, 0) is 4.79 Å². The number of amides is 2. The average Bonchev–Trinajstić information content (AvgIpc) is 3.51. The van der Waals surface area contributed by atoms with Crippen molar-refractivity contribution < 1.29 is 14.3 Å². The predicted molar refractivity (Wildman–Crippen MR) is 107 cm³/mol. The lowest BCUT2D eigenvalue weighted by molar-refractivity contribution is -0.117. The number of carbonyl (C=O) groups is 2. The zero-order valence-corrected chi connectivity index (χ0v) is 15.9. The zero-order valence-electron chi connectivity index (χ0n) is 15.9. The quantitative estimate of drug-likeness (QED) is 0.661. The summed E-state index contributed by atoms with van der Waals surface area (Å²) in [6.07, 6.45) is 3.96. The highest BCUT2D eigenvalue weighted by Crippen LogP contribution is 2.31. The van der Waals surface area contributed by atoms with E-state index in [0.717, 1.165) is 36.9 Å². The van der Waals surface area contributed by atoms with Crippen LogP contribution >= 0.6 is 0 Å². The second-order valence-electron chi connectivity index (χ2n) is 6.93. The monoisotopic (exact) mass is 366 g/mol. The summed E-state index contributed by atoms with van der Waals surface area (Å²) in [7, 11) is 0. The Morgan fingerprint density at radius 3 is 2.48 bits per heavy atom. The molecule has 5 heteroatoms. The maximum absolute atomic E-state index is 12.6. The van der Waals surface area contributed by atoms with Crippen molar-refractivity contribution in [3.05, 3.63) is 53.6 Å². The minimum Gasteiger partial charge on any atom is -0.494 e. The van der Waals surface area contributed by atoms with Crippen LogP contribution in [0.4, 0.5) is 11.4 Å². The van der Waals surface area contributed by atoms with Gasteiger partial charge >= 0.3 is 0 Å². The molecule has 2 N–H and O–H groups in total. The molecular formula is C22H26N2O3. The lowest BCUT2D eigenvalue weighted by atomic mass is 10.1. The van der Waals surface area contributed by atoms with Gasteiger partial charge in [-0.1, -0.05) is 25.5 Å². The molecule has 1 fully saturated rings. The number of anilines is 2. The van der Waals surface area contributed by atoms with E-state index in [0.29, 0.717) is 23.6 Å². The summed E-state index contributed by atoms with van der Waals surface area (Å²) in [6, 6.07) is 12.7. The van der Waals surface area contributed by atoms with Crippen LogP contribution in [0.3, 0.4) is 0 Å². The van der Waals surface area contributed by atoms with Crippen molar-refractivity contribution >= 4 is 23.2 Å². The van der Waals surface area contributed by atoms with Crippen molar-refractivity contribution in [3.8, 4) is 5.75 Å². The molecule has 0 saturated heterocycles. The van der Waals surface area contributed by atoms with Gasteiger partial charge in [0, 0.05) is 22.9 Å². The maximum Gasteiger partial charge on any atom is 0.255 e. The molecule has 3 rings (SSSR count). The molecule has 27 heavy (non-hydrogen) atoms. The van der Waals surface area contributed by atoms with Crippen LogP contribution in [0.15, 0.2) is 42.5 Å². The Bertz CT molecular complexity index is 828. The minimum atomic E-state index is -0.204. The summed E-state index contributed by atoms with van der Waals surface area (Å²) in [4.78, 5) is 24.7. The first-order valence-electron chi connectivity index (χ1n) is 9.53. The molecule has 0 unspecified atom stereocenters. The molecular weight excluding hydrogens is 340 g/mol. The van der Waals surface area contributed by atoms with Gasteiger partial charge in [-0.05, 0) is 62.1 Å². The number of benzene rings is 2. The number of unbranched alkanes of at least 4 members (excludes halogenated alkanes) is 1. The van der Waals surface area contributed by atoms with Gasteiger partial charge in [-0.3, -0.25) is 9.59 Å². The van der Waals surface area contributed by atoms with Crippen molar-refractivity contribution in [2.24, 2.45) is 5.92 Å². The molecule has 0 aromatic heterocycles. The first-order valence-corrected chi connectivity index (χ1v) is 9.53. The van der Waals surface area contributed by atoms with Gasteiger partial charge in [0.2, 0.25) is 5.91 Å². The fraction of sp³-hybridized carbons (Fsp3) is 0.364. The number of ether oxygens (including phenoxy) is 1. The van der Waals surface area contributed by atoms with Crippen LogP contribution in [0.1, 0.15) is 48.5 Å². The Hall–Kier alpha value is -2.82. The molecule has 0 aliphatic heterocycles. The van der Waals surface area contributed by atoms with Gasteiger partial charge in [0.25, 0.3) is 5.91 Å². The lowest BCUT2D eigenvalue weighted by Gasteiger charge is -2.14. The first kappa shape index (κ1) is 19.0. The number of carbonyl (C=O) groups excluding carboxylic acids is 2. The normalized spacial score (nSPS) is 13.1. The Morgan fingerprint density at radius 2 is 1.78 bits per heavy atom. The molecule has 0 spiro atoms. The lowest BCUT2D eigenvalue weighted by Crippen LogP contribution is -2.16. The fourth-order valence-electron chi connectivity index (χ4n) is 2.74. The third kappa shape index (κ3) is 5.09. The van der Waals surface area contributed by atoms with Gasteiger partial charge in [-0.2, -0.15) is 0 Å². The molecule has 1 saturated carbocycles. The summed E-state index contributed by atoms with van der Waals surface area (Å²) in [5, 5.41) is 5.89. The molecule has 142 valence electrons. The summed E-state index contributed by atoms with van der Waals surface area (Å²) < 4.78 is 5.67. The van der Waals surface area contributed by atoms with E-state index in [9.17, 15) is 9.59 Å². The Morgan fingerprint density at radius 1 is 1.07 bits per heavy atom. The third-order valence-corrected chi connectivity index (χ3v) is 4.65. The van der Waals surface area contributed by atoms with Gasteiger partial charge in [0.1, 0.15) is 5.75 Å². The van der Waals surface area contributed by atoms with Gasteiger partial charge in [-0.25, -0.2) is 0 Å². The van der Waals surface area contributed by atoms with Crippen molar-refractivity contribution in [2.45, 2.75) is 39.5 Å². The standard InChI is InChI=1S/C22H26N2O3/c1-3-4-13-27-18-8-5-7-17(14-18)22(26)24-20-10-6-9-19(15(20)2)23-21(25)16-11-12-16/h5-10,14,16H,3-4,11-13H2,1-2H3,(H,23,25)(H,24,26). The molecule has 5 nitrogen and oxygen atoms in total. The van der Waals surface area contributed by atoms with Crippen LogP contribution in [0.2, 0.25) is 0 Å². The van der Waals surface area contributed by atoms with Crippen LogP contribution in [0, 0.1) is 12.8 Å². The number of hydrogen-bond acceptors (Lipinski definition) is 3. The summed E-state index contributed by atoms with van der Waals surface area (Å²) in [5.41, 5.74) is 2.80. The molecule has 0 radical (unpaired) electrons. The summed E-state index contributed by atoms with van der Waals surface area (Å²) in [5.74, 6) is 0.680. The minimum absolute atomic E-state index is 0.0542. The number of nitrogens with one attached hydrogen (secondary N) is 2. The Kier molecular flexibility index (Phi) is 6.12. The SMILES string of the molecule is CCCCOc1cccc(C(=O)Nc2cccc(NC(=O)C3CC3)c2C)c1. The topological polar surface area (TPSA) is 67.4 Å². The van der Waals surface area contributed by atoms with Crippen LogP contribution in [0.5, 0.6) is 5.75 Å². The van der Waals surface area contributed by atoms with Crippen molar-refractivity contribution in [3.63, 3.8) is 0 Å². The highest BCUT2D eigenvalue weighted by Gasteiger charge is 2.29. The first-order chi connectivity index (χ1) is 13.1. The Labute approximate surface area is 160 Å². The highest BCUT2D eigenvalue weighted by atomic mass is 16.5. The molecule has 0 atom stereocenters. The van der Waals surface area contributed by atoms with Crippen molar-refractivity contribution in [1.82, 2.24) is 0 Å². The molecule has 1 aliphatic rings. The van der Waals surface area contributed by atoms with Crippen LogP contribution < -0.4 is 15.4 Å². The fourth-order valence-corrected chi connectivity index (χ4v) is 2.74. The van der Waals surface area contributed by atoms with E-state index < -0.39 is 0 Å². The molecule has 1 aliphatic carbocycles. The van der Waals surface area contributed by atoms with E-state index in [4.69, 9.17) is 4.74 Å². The van der Waals surface area contributed by atoms with Gasteiger partial charge in [0.05, 0.1) is 6.61 Å². The number of rotatable bonds is 8. The van der Waals surface area contributed by atoms with E-state index >= 15 is 0 Å². The molecule has 0 heterocycles. The largest absolute Gasteiger partial charge is 0.494 e. The second-order valence-corrected chi connectivity index (χ2v) is 6.93. The molecule has 2 aromatic carbocycles. The van der Waals surface area contributed by atoms with E-state index in [2.05, 4.69) is 17.6 Å². The van der Waals surface area contributed by atoms with Gasteiger partial charge in [0.15, 0.2) is 0 Å². The average molecular weight is 366 g/mol. The zero-order chi connectivity index (χ0) is 19.2. The predicted octanol–water partition coefficient (Wildman–Crippen LogP) is 4.77. The summed E-state index contributed by atoms with van der Waals surface area (Å²) in [6.45, 7) is 4.64. The Balaban J connectivity index is 1.68. The van der Waals surface area contributed by atoms with E-state index in [1.165, 1.54) is 0 Å². The second kappa shape index (κ2) is 8.71. The smallest absolute Gasteiger partial charge is 0.255 e. The van der Waals surface area contributed by atoms with Gasteiger partial charge in [-0.15, -0.1) is 0 Å². The van der Waals surface area contributed by atoms with E-state index in [1.807, 2.05) is 37.3 Å². The van der Waals surface area contributed by atoms with Gasteiger partial charge < -0.3 is 15.4 Å². The highest BCUT2D eigenvalue weighted by molar-refractivity contribution is 6.05. The van der Waals surface area contributed by atoms with Crippen LogP contribution in [0.25, 0.3) is 0 Å². The maximum atomic E-state index is 12.6. The van der Waals surface area contributed by atoms with Crippen LogP contribution in [-0.4, -0.2) is 18.4 Å². The summed E-state index contributed by atoms with van der Waals surface area (Å²) >= 11 is 0. The molecule has 0 bridgehead atoms. The van der Waals surface area contributed by atoms with E-state index in [-0.39, 0.29) is 17.7 Å². The molecule has 2 aromatic rings. The van der Waals surface area contributed by atoms with Crippen molar-refractivity contribution in [1.29, 1.82) is 0 Å².